The van der Waals surface area contributed by atoms with Crippen LogP contribution in [-0.4, -0.2) is 31.2 Å². The van der Waals surface area contributed by atoms with Crippen LogP contribution >= 0.6 is 0 Å². The van der Waals surface area contributed by atoms with E-state index in [1.807, 2.05) is 13.8 Å². The number of nitrogens with zero attached hydrogens (tertiary/aromatic N) is 1. The molecule has 0 heterocycles. The van der Waals surface area contributed by atoms with Crippen molar-refractivity contribution in [2.24, 2.45) is 17.3 Å². The van der Waals surface area contributed by atoms with Crippen molar-refractivity contribution in [2.45, 2.75) is 39.1 Å². The van der Waals surface area contributed by atoms with Crippen molar-refractivity contribution in [3.05, 3.63) is 0 Å². The van der Waals surface area contributed by atoms with Crippen molar-refractivity contribution >= 4 is 0 Å². The zero-order valence-electron chi connectivity index (χ0n) is 10.7. The Morgan fingerprint density at radius 3 is 2.19 bits per heavy atom. The maximum Gasteiger partial charge on any atom is 0.163 e. The van der Waals surface area contributed by atoms with E-state index in [-0.39, 0.29) is 17.3 Å². The summed E-state index contributed by atoms with van der Waals surface area (Å²) in [7, 11) is 3.06. The van der Waals surface area contributed by atoms with E-state index in [1.165, 1.54) is 14.2 Å². The largest absolute Gasteiger partial charge is 0.390 e. The molecule has 0 aliphatic heterocycles. The Morgan fingerprint density at radius 2 is 1.81 bits per heavy atom. The molecule has 16 heavy (non-hydrogen) atoms. The fourth-order valence-corrected chi connectivity index (χ4v) is 3.09. The van der Waals surface area contributed by atoms with Crippen LogP contribution in [0.5, 0.6) is 0 Å². The first-order valence-corrected chi connectivity index (χ1v) is 5.47. The van der Waals surface area contributed by atoms with Crippen molar-refractivity contribution in [3.63, 3.8) is 0 Å². The van der Waals surface area contributed by atoms with E-state index in [9.17, 15) is 10.4 Å². The second kappa shape index (κ2) is 4.33. The molecule has 4 heteroatoms. The van der Waals surface area contributed by atoms with Gasteiger partial charge in [0.25, 0.3) is 0 Å². The lowest BCUT2D eigenvalue weighted by atomic mass is 9.79. The normalized spacial score (nSPS) is 37.6. The quantitative estimate of drug-likeness (QED) is 0.743. The molecule has 3 unspecified atom stereocenters. The Hall–Kier alpha value is -0.630. The summed E-state index contributed by atoms with van der Waals surface area (Å²) in [4.78, 5) is 0. The molecule has 0 radical (unpaired) electrons. The maximum absolute atomic E-state index is 10.4. The van der Waals surface area contributed by atoms with Gasteiger partial charge in [-0.15, -0.1) is 0 Å². The number of nitriles is 1. The van der Waals surface area contributed by atoms with Crippen molar-refractivity contribution in [1.82, 2.24) is 0 Å². The van der Waals surface area contributed by atoms with Gasteiger partial charge in [0.1, 0.15) is 0 Å². The van der Waals surface area contributed by atoms with Gasteiger partial charge in [-0.1, -0.05) is 13.8 Å². The first-order chi connectivity index (χ1) is 7.30. The van der Waals surface area contributed by atoms with Gasteiger partial charge in [-0.2, -0.15) is 5.26 Å². The summed E-state index contributed by atoms with van der Waals surface area (Å²) in [6.07, 6.45) is 0.0352. The predicted octanol–water partition coefficient (Wildman–Crippen LogP) is 1.54. The van der Waals surface area contributed by atoms with Crippen LogP contribution in [0, 0.1) is 28.6 Å². The number of hydrogen-bond acceptors (Lipinski definition) is 4. The molecule has 0 aromatic heterocycles. The third kappa shape index (κ3) is 2.08. The number of ether oxygens (including phenoxy) is 2. The number of methoxy groups -OCH3 is 2. The molecule has 1 aliphatic carbocycles. The molecule has 1 N–H and O–H groups in total. The molecule has 0 amide bonds. The molecule has 92 valence electrons. The number of aliphatic hydroxyl groups is 1. The fraction of sp³-hybridized carbons (Fsp3) is 0.917. The highest BCUT2D eigenvalue weighted by Gasteiger charge is 2.57. The highest BCUT2D eigenvalue weighted by Crippen LogP contribution is 2.53. The molecule has 1 fully saturated rings. The van der Waals surface area contributed by atoms with Gasteiger partial charge in [0.05, 0.1) is 23.5 Å². The van der Waals surface area contributed by atoms with E-state index in [1.54, 1.807) is 6.92 Å². The van der Waals surface area contributed by atoms with Gasteiger partial charge >= 0.3 is 0 Å². The van der Waals surface area contributed by atoms with E-state index >= 15 is 0 Å². The van der Waals surface area contributed by atoms with Crippen molar-refractivity contribution in [1.29, 1.82) is 5.26 Å². The maximum atomic E-state index is 10.4. The minimum Gasteiger partial charge on any atom is -0.390 e. The molecule has 1 rings (SSSR count). The molecule has 0 bridgehead atoms. The molecular formula is C12H21NO3. The second-order valence-corrected chi connectivity index (χ2v) is 5.49. The molecule has 1 saturated carbocycles. The van der Waals surface area contributed by atoms with Crippen molar-refractivity contribution in [2.75, 3.05) is 14.2 Å². The molecule has 4 nitrogen and oxygen atoms in total. The summed E-state index contributed by atoms with van der Waals surface area (Å²) in [6.45, 7) is 5.75. The van der Waals surface area contributed by atoms with Crippen LogP contribution in [0.3, 0.4) is 0 Å². The highest BCUT2D eigenvalue weighted by molar-refractivity contribution is 5.11. The molecule has 0 aromatic carbocycles. The molecule has 0 spiro atoms. The molecule has 1 aliphatic rings. The van der Waals surface area contributed by atoms with Gasteiger partial charge in [0.2, 0.25) is 0 Å². The first kappa shape index (κ1) is 13.4. The van der Waals surface area contributed by atoms with Crippen LogP contribution < -0.4 is 0 Å². The van der Waals surface area contributed by atoms with E-state index in [2.05, 4.69) is 6.07 Å². The van der Waals surface area contributed by atoms with E-state index in [0.29, 0.717) is 6.42 Å². The van der Waals surface area contributed by atoms with Crippen LogP contribution in [0.15, 0.2) is 0 Å². The number of rotatable bonds is 3. The van der Waals surface area contributed by atoms with Crippen LogP contribution in [0.1, 0.15) is 27.2 Å². The smallest absolute Gasteiger partial charge is 0.163 e. The van der Waals surface area contributed by atoms with Gasteiger partial charge in [-0.25, -0.2) is 0 Å². The first-order valence-electron chi connectivity index (χ1n) is 5.47. The monoisotopic (exact) mass is 227 g/mol. The van der Waals surface area contributed by atoms with E-state index < -0.39 is 11.9 Å². The van der Waals surface area contributed by atoms with E-state index in [4.69, 9.17) is 9.47 Å². The summed E-state index contributed by atoms with van der Waals surface area (Å²) in [5.74, 6) is -0.588. The molecule has 0 saturated heterocycles. The van der Waals surface area contributed by atoms with Crippen LogP contribution in [-0.2, 0) is 9.47 Å². The summed E-state index contributed by atoms with van der Waals surface area (Å²) in [6, 6.07) is 2.29. The summed E-state index contributed by atoms with van der Waals surface area (Å²) in [5.41, 5.74) is -1.15. The summed E-state index contributed by atoms with van der Waals surface area (Å²) >= 11 is 0. The topological polar surface area (TPSA) is 62.5 Å². The van der Waals surface area contributed by atoms with Gasteiger partial charge in [-0.05, 0) is 18.8 Å². The van der Waals surface area contributed by atoms with Crippen molar-refractivity contribution in [3.8, 4) is 6.07 Å². The lowest BCUT2D eigenvalue weighted by molar-refractivity contribution is -0.181. The molecule has 3 atom stereocenters. The Kier molecular flexibility index (Phi) is 3.63. The minimum atomic E-state index is -0.930. The van der Waals surface area contributed by atoms with Crippen LogP contribution in [0.4, 0.5) is 0 Å². The molecular weight excluding hydrogens is 206 g/mol. The van der Waals surface area contributed by atoms with E-state index in [0.717, 1.165) is 0 Å². The van der Waals surface area contributed by atoms with Gasteiger partial charge in [0.15, 0.2) is 6.29 Å². The Bertz CT molecular complexity index is 289. The Labute approximate surface area is 97.2 Å². The third-order valence-corrected chi connectivity index (χ3v) is 3.63. The van der Waals surface area contributed by atoms with Crippen LogP contribution in [0.2, 0.25) is 0 Å². The highest BCUT2D eigenvalue weighted by atomic mass is 16.7. The van der Waals surface area contributed by atoms with Gasteiger partial charge < -0.3 is 14.6 Å². The predicted molar refractivity (Wildman–Crippen MR) is 59.4 cm³/mol. The number of hydrogen-bond donors (Lipinski definition) is 1. The zero-order valence-corrected chi connectivity index (χ0v) is 10.7. The second-order valence-electron chi connectivity index (χ2n) is 5.49. The lowest BCUT2D eigenvalue weighted by Gasteiger charge is -2.32. The Morgan fingerprint density at radius 1 is 1.31 bits per heavy atom. The Balaban J connectivity index is 3.09. The average Bonchev–Trinajstić information content (AvgIpc) is 2.33. The average molecular weight is 227 g/mol. The zero-order chi connectivity index (χ0) is 12.6. The summed E-state index contributed by atoms with van der Waals surface area (Å²) in [5, 5.41) is 19.7. The van der Waals surface area contributed by atoms with Crippen molar-refractivity contribution < 1.29 is 14.6 Å². The third-order valence-electron chi connectivity index (χ3n) is 3.63. The van der Waals surface area contributed by atoms with Gasteiger partial charge in [0, 0.05) is 14.2 Å². The van der Waals surface area contributed by atoms with Gasteiger partial charge in [-0.3, -0.25) is 0 Å². The lowest BCUT2D eigenvalue weighted by Crippen LogP contribution is -2.42. The van der Waals surface area contributed by atoms with Crippen LogP contribution in [0.25, 0.3) is 0 Å². The minimum absolute atomic E-state index is 0.224. The molecule has 0 aromatic rings. The fourth-order valence-electron chi connectivity index (χ4n) is 3.09. The standard InChI is InChI=1S/C12H21NO3/c1-11(2)7-12(3,14)9(8(11)6-13)10(15-4)16-5/h8-10,14H,7H2,1-5H3. The SMILES string of the molecule is COC(OC)C1C(C#N)C(C)(C)CC1(C)O. The summed E-state index contributed by atoms with van der Waals surface area (Å²) < 4.78 is 10.4.